The lowest BCUT2D eigenvalue weighted by molar-refractivity contribution is 0.572. The van der Waals surface area contributed by atoms with Crippen LogP contribution in [-0.2, 0) is 10.8 Å². The molecule has 0 atom stereocenters. The van der Waals surface area contributed by atoms with Crippen LogP contribution < -0.4 is 31.1 Å². The first-order valence-corrected chi connectivity index (χ1v) is 22.3. The summed E-state index contributed by atoms with van der Waals surface area (Å²) in [6.45, 7) is 13.7. The zero-order valence-corrected chi connectivity index (χ0v) is 37.1. The van der Waals surface area contributed by atoms with Gasteiger partial charge in [-0.1, -0.05) is 133 Å². The summed E-state index contributed by atoms with van der Waals surface area (Å²) in [5.74, 6) is 0. The third-order valence-corrected chi connectivity index (χ3v) is 13.4. The molecule has 64 heavy (non-hydrogen) atoms. The van der Waals surface area contributed by atoms with E-state index in [0.29, 0.717) is 0 Å². The molecule has 0 aliphatic carbocycles. The molecule has 0 radical (unpaired) electrons. The number of hydrogen-bond donors (Lipinski definition) is 0. The number of hydrogen-bond acceptors (Lipinski definition) is 5. The molecule has 12 rings (SSSR count). The van der Waals surface area contributed by atoms with Crippen LogP contribution in [0.1, 0.15) is 52.7 Å². The zero-order valence-electron chi connectivity index (χ0n) is 37.1. The fourth-order valence-electron chi connectivity index (χ4n) is 10.2. The maximum absolute atomic E-state index is 6.93. The monoisotopic (exact) mass is 829 g/mol. The molecule has 6 heteroatoms. The second-order valence-electron chi connectivity index (χ2n) is 19.5. The third kappa shape index (κ3) is 5.92. The van der Waals surface area contributed by atoms with Crippen molar-refractivity contribution in [1.29, 1.82) is 0 Å². The predicted octanol–water partition coefficient (Wildman–Crippen LogP) is 14.5. The summed E-state index contributed by atoms with van der Waals surface area (Å²) in [5.41, 5.74) is 17.8. The van der Waals surface area contributed by atoms with Crippen LogP contribution in [0.15, 0.2) is 191 Å². The highest BCUT2D eigenvalue weighted by Crippen LogP contribution is 2.50. The minimum atomic E-state index is -0.172. The van der Waals surface area contributed by atoms with Gasteiger partial charge in [0.25, 0.3) is 6.71 Å². The highest BCUT2D eigenvalue weighted by molar-refractivity contribution is 7.00. The van der Waals surface area contributed by atoms with Gasteiger partial charge in [-0.25, -0.2) is 0 Å². The second kappa shape index (κ2) is 14.0. The molecule has 2 aliphatic heterocycles. The lowest BCUT2D eigenvalue weighted by Gasteiger charge is -2.45. The van der Waals surface area contributed by atoms with Crippen molar-refractivity contribution in [3.63, 3.8) is 0 Å². The number of fused-ring (bicyclic) bond motifs is 8. The molecule has 310 valence electrons. The Balaban J connectivity index is 1.20. The standard InChI is InChI=1S/C58H48BN3O2/c1-57(2,3)39-24-26-43(27-25-39)61-50-31-38-36-63-35-37(38)30-48(50)59-47-29-28-44(60(41-16-9-7-10-17-41)42-18-11-8-12-19-42)34-51(47)62(53-33-40(58(4,5)6)32-52(61)55(53)59)49-22-15-21-46-45-20-13-14-23-54(45)64-56(46)49/h7-36H,1-6H3. The minimum Gasteiger partial charge on any atom is -0.471 e. The van der Waals surface area contributed by atoms with Gasteiger partial charge in [-0.2, -0.15) is 0 Å². The van der Waals surface area contributed by atoms with Gasteiger partial charge in [0, 0.05) is 67.0 Å². The first kappa shape index (κ1) is 38.3. The van der Waals surface area contributed by atoms with Gasteiger partial charge in [-0.3, -0.25) is 0 Å². The summed E-state index contributed by atoms with van der Waals surface area (Å²) in [6.07, 6.45) is 3.76. The number of benzene rings is 8. The van der Waals surface area contributed by atoms with E-state index in [4.69, 9.17) is 8.83 Å². The van der Waals surface area contributed by atoms with Crippen molar-refractivity contribution < 1.29 is 8.83 Å². The van der Waals surface area contributed by atoms with Crippen LogP contribution >= 0.6 is 0 Å². The Kier molecular flexibility index (Phi) is 8.39. The van der Waals surface area contributed by atoms with E-state index in [1.54, 1.807) is 0 Å². The molecule has 10 aromatic rings. The fourth-order valence-corrected chi connectivity index (χ4v) is 10.2. The maximum Gasteiger partial charge on any atom is 0.252 e. The summed E-state index contributed by atoms with van der Waals surface area (Å²) in [7, 11) is 0. The van der Waals surface area contributed by atoms with E-state index < -0.39 is 0 Å². The van der Waals surface area contributed by atoms with Gasteiger partial charge < -0.3 is 23.5 Å². The summed E-state index contributed by atoms with van der Waals surface area (Å²) < 4.78 is 12.8. The number of anilines is 9. The summed E-state index contributed by atoms with van der Waals surface area (Å²) >= 11 is 0. The molecule has 0 unspecified atom stereocenters. The molecule has 0 spiro atoms. The lowest BCUT2D eigenvalue weighted by atomic mass is 9.33. The van der Waals surface area contributed by atoms with Crippen molar-refractivity contribution in [2.45, 2.75) is 52.4 Å². The quantitative estimate of drug-likeness (QED) is 0.162. The average molecular weight is 830 g/mol. The van der Waals surface area contributed by atoms with Crippen LogP contribution in [0, 0.1) is 0 Å². The van der Waals surface area contributed by atoms with Crippen LogP contribution in [0.4, 0.5) is 51.2 Å². The molecule has 2 aromatic heterocycles. The molecule has 5 nitrogen and oxygen atoms in total. The average Bonchev–Trinajstić information content (AvgIpc) is 3.93. The van der Waals surface area contributed by atoms with E-state index in [1.165, 1.54) is 33.2 Å². The van der Waals surface area contributed by atoms with Crippen molar-refractivity contribution in [3.8, 4) is 0 Å². The van der Waals surface area contributed by atoms with Crippen LogP contribution in [0.3, 0.4) is 0 Å². The second-order valence-corrected chi connectivity index (χ2v) is 19.5. The van der Waals surface area contributed by atoms with E-state index in [0.717, 1.165) is 78.2 Å². The van der Waals surface area contributed by atoms with Crippen molar-refractivity contribution >= 4 is 107 Å². The van der Waals surface area contributed by atoms with Gasteiger partial charge in [0.05, 0.1) is 18.2 Å². The normalized spacial score (nSPS) is 13.4. The Labute approximate surface area is 374 Å². The number of furan rings is 2. The molecule has 2 aliphatic rings. The highest BCUT2D eigenvalue weighted by atomic mass is 16.3. The first-order valence-electron chi connectivity index (χ1n) is 22.3. The SMILES string of the molecule is CC(C)(C)c1ccc(N2c3cc4cocc4cc3B3c4ccc(N(c5ccccc5)c5ccccc5)cc4N(c4cccc5c4oc4ccccc45)c4cc(C(C)(C)C)cc2c43)cc1. The summed E-state index contributed by atoms with van der Waals surface area (Å²) in [5, 5.41) is 4.37. The molecular weight excluding hydrogens is 781 g/mol. The van der Waals surface area contributed by atoms with Crippen LogP contribution in [0.25, 0.3) is 32.7 Å². The van der Waals surface area contributed by atoms with Crippen molar-refractivity contribution in [2.75, 3.05) is 14.7 Å². The largest absolute Gasteiger partial charge is 0.471 e. The van der Waals surface area contributed by atoms with E-state index in [2.05, 4.69) is 226 Å². The Morgan fingerprint density at radius 2 is 1.06 bits per heavy atom. The van der Waals surface area contributed by atoms with Gasteiger partial charge in [0.2, 0.25) is 0 Å². The molecule has 0 saturated heterocycles. The predicted molar refractivity (Wildman–Crippen MR) is 270 cm³/mol. The number of rotatable bonds is 5. The smallest absolute Gasteiger partial charge is 0.252 e. The van der Waals surface area contributed by atoms with Gasteiger partial charge in [-0.15, -0.1) is 0 Å². The highest BCUT2D eigenvalue weighted by Gasteiger charge is 2.45. The molecule has 0 saturated carbocycles. The topological polar surface area (TPSA) is 36.0 Å². The summed E-state index contributed by atoms with van der Waals surface area (Å²) in [6, 6.07) is 62.3. The summed E-state index contributed by atoms with van der Waals surface area (Å²) in [4.78, 5) is 7.37. The molecular formula is C58H48BN3O2. The third-order valence-electron chi connectivity index (χ3n) is 13.4. The van der Waals surface area contributed by atoms with E-state index in [1.807, 2.05) is 12.5 Å². The maximum atomic E-state index is 6.93. The molecule has 4 heterocycles. The van der Waals surface area contributed by atoms with Gasteiger partial charge in [-0.05, 0) is 117 Å². The lowest BCUT2D eigenvalue weighted by Crippen LogP contribution is -2.61. The fraction of sp³-hybridized carbons (Fsp3) is 0.138. The Morgan fingerprint density at radius 1 is 0.453 bits per heavy atom. The minimum absolute atomic E-state index is 0.0229. The molecule has 0 amide bonds. The van der Waals surface area contributed by atoms with Crippen molar-refractivity contribution in [3.05, 3.63) is 194 Å². The number of para-hydroxylation sites is 4. The van der Waals surface area contributed by atoms with Crippen LogP contribution in [0.2, 0.25) is 0 Å². The van der Waals surface area contributed by atoms with Gasteiger partial charge in [0.15, 0.2) is 5.58 Å². The van der Waals surface area contributed by atoms with Crippen LogP contribution in [-0.4, -0.2) is 6.71 Å². The molecule has 0 bridgehead atoms. The molecule has 0 fully saturated rings. The van der Waals surface area contributed by atoms with E-state index >= 15 is 0 Å². The Bertz CT molecular complexity index is 3390. The van der Waals surface area contributed by atoms with E-state index in [9.17, 15) is 0 Å². The Morgan fingerprint density at radius 3 is 1.75 bits per heavy atom. The first-order chi connectivity index (χ1) is 31.0. The van der Waals surface area contributed by atoms with E-state index in [-0.39, 0.29) is 17.5 Å². The molecule has 0 N–H and O–H groups in total. The van der Waals surface area contributed by atoms with Crippen molar-refractivity contribution in [1.82, 2.24) is 0 Å². The molecule has 8 aromatic carbocycles. The zero-order chi connectivity index (χ0) is 43.5. The van der Waals surface area contributed by atoms with Crippen LogP contribution in [0.5, 0.6) is 0 Å². The van der Waals surface area contributed by atoms with Gasteiger partial charge >= 0.3 is 0 Å². The van der Waals surface area contributed by atoms with Gasteiger partial charge in [0.1, 0.15) is 5.58 Å². The number of nitrogens with zero attached hydrogens (tertiary/aromatic N) is 3. The van der Waals surface area contributed by atoms with Crippen molar-refractivity contribution in [2.24, 2.45) is 0 Å². The Hall–Kier alpha value is -7.44.